The van der Waals surface area contributed by atoms with Gasteiger partial charge in [-0.2, -0.15) is 0 Å². The minimum absolute atomic E-state index is 0.0546. The van der Waals surface area contributed by atoms with Crippen LogP contribution in [0.15, 0.2) is 18.2 Å². The number of nitrogens with one attached hydrogen (secondary N) is 2. The zero-order valence-electron chi connectivity index (χ0n) is 16.7. The Bertz CT molecular complexity index is 766. The van der Waals surface area contributed by atoms with E-state index in [9.17, 15) is 19.5 Å². The predicted octanol–water partition coefficient (Wildman–Crippen LogP) is 3.89. The van der Waals surface area contributed by atoms with Gasteiger partial charge in [0.1, 0.15) is 0 Å². The van der Waals surface area contributed by atoms with Crippen LogP contribution in [0.3, 0.4) is 0 Å². The summed E-state index contributed by atoms with van der Waals surface area (Å²) < 4.78 is 0. The van der Waals surface area contributed by atoms with Crippen molar-refractivity contribution in [2.24, 2.45) is 11.3 Å². The second kappa shape index (κ2) is 8.33. The molecule has 1 aromatic carbocycles. The zero-order chi connectivity index (χ0) is 20.3. The third-order valence-corrected chi connectivity index (χ3v) is 6.20. The van der Waals surface area contributed by atoms with Gasteiger partial charge in [0.05, 0.1) is 11.8 Å². The van der Waals surface area contributed by atoms with Crippen LogP contribution in [0.4, 0.5) is 5.69 Å². The molecule has 152 valence electrons. The molecule has 28 heavy (non-hydrogen) atoms. The largest absolute Gasteiger partial charge is 0.481 e. The lowest BCUT2D eigenvalue weighted by molar-refractivity contribution is -0.145. The van der Waals surface area contributed by atoms with Gasteiger partial charge in [0.15, 0.2) is 0 Å². The van der Waals surface area contributed by atoms with Crippen molar-refractivity contribution in [1.82, 2.24) is 5.32 Å². The second-order valence-corrected chi connectivity index (χ2v) is 8.55. The van der Waals surface area contributed by atoms with Crippen LogP contribution < -0.4 is 10.6 Å². The number of amides is 2. The highest BCUT2D eigenvalue weighted by molar-refractivity contribution is 6.00. The normalized spacial score (nSPS) is 19.5. The molecule has 1 unspecified atom stereocenters. The van der Waals surface area contributed by atoms with E-state index in [0.29, 0.717) is 11.3 Å². The third-order valence-electron chi connectivity index (χ3n) is 6.20. The molecule has 0 aromatic heterocycles. The lowest BCUT2D eigenvalue weighted by Gasteiger charge is -2.37. The maximum Gasteiger partial charge on any atom is 0.304 e. The van der Waals surface area contributed by atoms with E-state index in [0.717, 1.165) is 50.5 Å². The van der Waals surface area contributed by atoms with E-state index in [1.165, 1.54) is 0 Å². The van der Waals surface area contributed by atoms with Crippen LogP contribution in [0.2, 0.25) is 0 Å². The van der Waals surface area contributed by atoms with Crippen molar-refractivity contribution in [1.29, 1.82) is 0 Å². The monoisotopic (exact) mass is 386 g/mol. The van der Waals surface area contributed by atoms with Gasteiger partial charge in [-0.15, -0.1) is 0 Å². The van der Waals surface area contributed by atoms with Crippen LogP contribution in [-0.4, -0.2) is 28.9 Å². The molecular formula is C22H30N2O4. The molecule has 0 heterocycles. The first-order valence-electron chi connectivity index (χ1n) is 10.2. The summed E-state index contributed by atoms with van der Waals surface area (Å²) in [5, 5.41) is 15.3. The Morgan fingerprint density at radius 1 is 1.11 bits per heavy atom. The molecule has 2 aliphatic carbocycles. The molecule has 2 saturated carbocycles. The topological polar surface area (TPSA) is 95.5 Å². The number of aliphatic carboxylic acids is 1. The molecular weight excluding hydrogens is 356 g/mol. The highest BCUT2D eigenvalue weighted by atomic mass is 16.4. The summed E-state index contributed by atoms with van der Waals surface area (Å²) in [6.07, 6.45) is 6.78. The number of carbonyl (C=O) groups is 3. The molecule has 2 amide bonds. The predicted molar refractivity (Wildman–Crippen MR) is 107 cm³/mol. The van der Waals surface area contributed by atoms with Gasteiger partial charge in [-0.25, -0.2) is 0 Å². The molecule has 3 N–H and O–H groups in total. The number of benzene rings is 1. The molecule has 3 rings (SSSR count). The van der Waals surface area contributed by atoms with E-state index in [1.54, 1.807) is 19.1 Å². The SMILES string of the molecule is Cc1ccc(C(=O)NC2CC2)cc1NC(=O)C(C)(CC(=O)O)C1CCCCC1. The Hall–Kier alpha value is -2.37. The van der Waals surface area contributed by atoms with Gasteiger partial charge < -0.3 is 15.7 Å². The molecule has 0 aliphatic heterocycles. The fourth-order valence-corrected chi connectivity index (χ4v) is 4.12. The summed E-state index contributed by atoms with van der Waals surface area (Å²) in [6, 6.07) is 5.51. The lowest BCUT2D eigenvalue weighted by atomic mass is 9.67. The Balaban J connectivity index is 1.80. The summed E-state index contributed by atoms with van der Waals surface area (Å²) >= 11 is 0. The number of rotatable bonds is 7. The first kappa shape index (κ1) is 20.4. The van der Waals surface area contributed by atoms with Gasteiger partial charge in [0.25, 0.3) is 5.91 Å². The van der Waals surface area contributed by atoms with Gasteiger partial charge in [-0.05, 0) is 63.1 Å². The van der Waals surface area contributed by atoms with Crippen molar-refractivity contribution in [2.45, 2.75) is 71.3 Å². The van der Waals surface area contributed by atoms with E-state index in [2.05, 4.69) is 10.6 Å². The fraction of sp³-hybridized carbons (Fsp3) is 0.591. The van der Waals surface area contributed by atoms with Gasteiger partial charge >= 0.3 is 5.97 Å². The van der Waals surface area contributed by atoms with Crippen molar-refractivity contribution in [2.75, 3.05) is 5.32 Å². The minimum Gasteiger partial charge on any atom is -0.481 e. The molecule has 0 spiro atoms. The zero-order valence-corrected chi connectivity index (χ0v) is 16.7. The number of carboxylic acid groups (broad SMARTS) is 1. The summed E-state index contributed by atoms with van der Waals surface area (Å²) in [6.45, 7) is 3.64. The number of aryl methyl sites for hydroxylation is 1. The van der Waals surface area contributed by atoms with Crippen LogP contribution in [0.25, 0.3) is 0 Å². The molecule has 2 aliphatic rings. The average molecular weight is 386 g/mol. The number of carboxylic acids is 1. The lowest BCUT2D eigenvalue weighted by Crippen LogP contribution is -2.42. The molecule has 0 bridgehead atoms. The number of anilines is 1. The van der Waals surface area contributed by atoms with Crippen molar-refractivity contribution in [3.8, 4) is 0 Å². The van der Waals surface area contributed by atoms with Gasteiger partial charge in [0.2, 0.25) is 5.91 Å². The third kappa shape index (κ3) is 4.72. The highest BCUT2D eigenvalue weighted by Crippen LogP contribution is 2.42. The van der Waals surface area contributed by atoms with E-state index in [4.69, 9.17) is 0 Å². The standard InChI is InChI=1S/C22H30N2O4/c1-14-8-9-15(20(27)23-17-10-11-17)12-18(14)24-21(28)22(2,13-19(25)26)16-6-4-3-5-7-16/h8-9,12,16-17H,3-7,10-11,13H2,1-2H3,(H,23,27)(H,24,28)(H,25,26). The first-order chi connectivity index (χ1) is 13.3. The van der Waals surface area contributed by atoms with E-state index in [1.807, 2.05) is 13.0 Å². The van der Waals surface area contributed by atoms with Crippen LogP contribution in [0, 0.1) is 18.3 Å². The van der Waals surface area contributed by atoms with Gasteiger partial charge in [0, 0.05) is 17.3 Å². The van der Waals surface area contributed by atoms with Crippen LogP contribution in [0.5, 0.6) is 0 Å². The number of hydrogen-bond acceptors (Lipinski definition) is 3. The van der Waals surface area contributed by atoms with Crippen LogP contribution in [-0.2, 0) is 9.59 Å². The molecule has 1 atom stereocenters. The summed E-state index contributed by atoms with van der Waals surface area (Å²) in [5.41, 5.74) is 0.953. The smallest absolute Gasteiger partial charge is 0.304 e. The average Bonchev–Trinajstić information content (AvgIpc) is 3.47. The Labute approximate surface area is 166 Å². The minimum atomic E-state index is -0.967. The number of carbonyl (C=O) groups excluding carboxylic acids is 2. The molecule has 1 aromatic rings. The van der Waals surface area contributed by atoms with Gasteiger partial charge in [-0.3, -0.25) is 14.4 Å². The van der Waals surface area contributed by atoms with E-state index < -0.39 is 11.4 Å². The van der Waals surface area contributed by atoms with Crippen LogP contribution in [0.1, 0.15) is 74.2 Å². The maximum absolute atomic E-state index is 13.2. The molecule has 2 fully saturated rings. The first-order valence-corrected chi connectivity index (χ1v) is 10.2. The van der Waals surface area contributed by atoms with E-state index >= 15 is 0 Å². The summed E-state index contributed by atoms with van der Waals surface area (Å²) in [4.78, 5) is 37.0. The highest BCUT2D eigenvalue weighted by Gasteiger charge is 2.43. The summed E-state index contributed by atoms with van der Waals surface area (Å²) in [7, 11) is 0. The molecule has 0 saturated heterocycles. The quantitative estimate of drug-likeness (QED) is 0.662. The molecule has 6 nitrogen and oxygen atoms in total. The van der Waals surface area contributed by atoms with Crippen molar-refractivity contribution in [3.05, 3.63) is 29.3 Å². The van der Waals surface area contributed by atoms with Crippen LogP contribution >= 0.6 is 0 Å². The van der Waals surface area contributed by atoms with Crippen molar-refractivity contribution >= 4 is 23.5 Å². The van der Waals surface area contributed by atoms with Crippen molar-refractivity contribution in [3.63, 3.8) is 0 Å². The number of hydrogen-bond donors (Lipinski definition) is 3. The fourth-order valence-electron chi connectivity index (χ4n) is 4.12. The second-order valence-electron chi connectivity index (χ2n) is 8.55. The molecule has 6 heteroatoms. The van der Waals surface area contributed by atoms with Crippen molar-refractivity contribution < 1.29 is 19.5 Å². The Morgan fingerprint density at radius 2 is 1.79 bits per heavy atom. The molecule has 0 radical (unpaired) electrons. The van der Waals surface area contributed by atoms with E-state index in [-0.39, 0.29) is 30.2 Å². The Morgan fingerprint density at radius 3 is 2.39 bits per heavy atom. The summed E-state index contributed by atoms with van der Waals surface area (Å²) in [5.74, 6) is -1.32. The maximum atomic E-state index is 13.2. The van der Waals surface area contributed by atoms with Gasteiger partial charge in [-0.1, -0.05) is 25.3 Å². The Kier molecular flexibility index (Phi) is 6.06.